The van der Waals surface area contributed by atoms with Crippen LogP contribution in [-0.4, -0.2) is 23.7 Å². The molecule has 0 bridgehead atoms. The number of aromatic nitrogens is 1. The van der Waals surface area contributed by atoms with E-state index in [0.717, 1.165) is 26.4 Å². The number of rotatable bonds is 5. The number of pyridine rings is 1. The molecular weight excluding hydrogens is 419 g/mol. The fraction of sp³-hybridized carbons (Fsp3) is 0.400. The number of nitrogens with one attached hydrogen (secondary N) is 1. The Kier molecular flexibility index (Phi) is 5.88. The normalized spacial score (nSPS) is 12.9. The minimum absolute atomic E-state index is 0.0221. The van der Waals surface area contributed by atoms with Crippen molar-refractivity contribution in [3.63, 3.8) is 0 Å². The number of fused-ring (bicyclic) bond motifs is 1. The van der Waals surface area contributed by atoms with Crippen molar-refractivity contribution in [2.45, 2.75) is 32.9 Å². The van der Waals surface area contributed by atoms with Gasteiger partial charge in [-0.3, -0.25) is 0 Å². The maximum Gasteiger partial charge on any atom is 0.160 e. The lowest BCUT2D eigenvalue weighted by Gasteiger charge is -2.19. The summed E-state index contributed by atoms with van der Waals surface area (Å²) >= 11 is 13.1. The van der Waals surface area contributed by atoms with E-state index in [1.165, 1.54) is 0 Å². The van der Waals surface area contributed by atoms with Gasteiger partial charge in [0, 0.05) is 22.4 Å². The topological polar surface area (TPSA) is 34.1 Å². The molecule has 1 unspecified atom stereocenters. The van der Waals surface area contributed by atoms with E-state index in [-0.39, 0.29) is 6.10 Å². The summed E-state index contributed by atoms with van der Waals surface area (Å²) in [5.74, 6) is 0.716. The first-order valence-corrected chi connectivity index (χ1v) is 8.69. The summed E-state index contributed by atoms with van der Waals surface area (Å²) in [7, 11) is 0. The Hall–Kier alpha value is -0.360. The van der Waals surface area contributed by atoms with Gasteiger partial charge in [-0.25, -0.2) is 4.98 Å². The Morgan fingerprint density at radius 2 is 1.95 bits per heavy atom. The molecule has 1 N–H and O–H groups in total. The monoisotopic (exact) mass is 434 g/mol. The van der Waals surface area contributed by atoms with Crippen LogP contribution in [0.2, 0.25) is 5.15 Å². The number of hydrogen-bond acceptors (Lipinski definition) is 3. The first-order chi connectivity index (χ1) is 9.88. The van der Waals surface area contributed by atoms with Crippen molar-refractivity contribution >= 4 is 54.4 Å². The predicted molar refractivity (Wildman–Crippen MR) is 95.4 cm³/mol. The summed E-state index contributed by atoms with van der Waals surface area (Å²) in [6.07, 6.45) is 0.0221. The van der Waals surface area contributed by atoms with Gasteiger partial charge >= 0.3 is 0 Å². The van der Waals surface area contributed by atoms with Crippen molar-refractivity contribution in [2.24, 2.45) is 0 Å². The van der Waals surface area contributed by atoms with Gasteiger partial charge in [-0.05, 0) is 41.1 Å². The molecule has 1 atom stereocenters. The Labute approximate surface area is 146 Å². The molecule has 0 aliphatic heterocycles. The number of hydrogen-bond donors (Lipinski definition) is 1. The van der Waals surface area contributed by atoms with Gasteiger partial charge in [0.15, 0.2) is 5.75 Å². The molecule has 2 aromatic rings. The van der Waals surface area contributed by atoms with Crippen molar-refractivity contribution in [2.75, 3.05) is 6.54 Å². The zero-order valence-electron chi connectivity index (χ0n) is 12.1. The van der Waals surface area contributed by atoms with Crippen LogP contribution < -0.4 is 10.1 Å². The minimum Gasteiger partial charge on any atom is -0.486 e. The molecule has 114 valence electrons. The van der Waals surface area contributed by atoms with E-state index < -0.39 is 0 Å². The van der Waals surface area contributed by atoms with E-state index in [2.05, 4.69) is 56.0 Å². The van der Waals surface area contributed by atoms with Crippen LogP contribution in [0.5, 0.6) is 5.75 Å². The molecule has 6 heteroatoms. The number of ether oxygens (including phenoxy) is 1. The molecule has 0 aliphatic carbocycles. The zero-order valence-corrected chi connectivity index (χ0v) is 16.0. The van der Waals surface area contributed by atoms with Gasteiger partial charge in [0.05, 0.1) is 4.47 Å². The summed E-state index contributed by atoms with van der Waals surface area (Å²) in [4.78, 5) is 4.41. The molecule has 3 nitrogen and oxygen atoms in total. The summed E-state index contributed by atoms with van der Waals surface area (Å²) in [5.41, 5.74) is 0.750. The smallest absolute Gasteiger partial charge is 0.160 e. The molecular formula is C15H17Br2ClN2O. The third-order valence-electron chi connectivity index (χ3n) is 2.94. The Morgan fingerprint density at radius 1 is 1.24 bits per heavy atom. The van der Waals surface area contributed by atoms with Gasteiger partial charge in [-0.15, -0.1) is 0 Å². The standard InChI is InChI=1S/C15H17Br2ClN2O/c1-8(2)19-7-9(3)21-15-12(17)6-11(16)10-4-5-13(18)20-14(10)15/h4-6,8-9,19H,7H2,1-3H3. The Morgan fingerprint density at radius 3 is 2.62 bits per heavy atom. The van der Waals surface area contributed by atoms with E-state index in [9.17, 15) is 0 Å². The number of benzene rings is 1. The largest absolute Gasteiger partial charge is 0.486 e. The summed E-state index contributed by atoms with van der Waals surface area (Å²) < 4.78 is 7.87. The molecule has 0 amide bonds. The lowest BCUT2D eigenvalue weighted by Crippen LogP contribution is -2.33. The highest BCUT2D eigenvalue weighted by Crippen LogP contribution is 2.38. The fourth-order valence-corrected chi connectivity index (χ4v) is 3.44. The quantitative estimate of drug-likeness (QED) is 0.656. The van der Waals surface area contributed by atoms with Crippen LogP contribution in [0.25, 0.3) is 10.9 Å². The van der Waals surface area contributed by atoms with Crippen LogP contribution in [-0.2, 0) is 0 Å². The van der Waals surface area contributed by atoms with Gasteiger partial charge in [0.1, 0.15) is 16.8 Å². The molecule has 1 heterocycles. The number of halogens is 3. The van der Waals surface area contributed by atoms with E-state index >= 15 is 0 Å². The lowest BCUT2D eigenvalue weighted by atomic mass is 10.2. The second-order valence-corrected chi connectivity index (χ2v) is 7.29. The first kappa shape index (κ1) is 17.0. The van der Waals surface area contributed by atoms with Gasteiger partial charge < -0.3 is 10.1 Å². The van der Waals surface area contributed by atoms with Crippen molar-refractivity contribution in [3.8, 4) is 5.75 Å². The minimum atomic E-state index is 0.0221. The molecule has 21 heavy (non-hydrogen) atoms. The van der Waals surface area contributed by atoms with Gasteiger partial charge in [-0.1, -0.05) is 41.4 Å². The third kappa shape index (κ3) is 4.31. The molecule has 0 saturated heterocycles. The van der Waals surface area contributed by atoms with Gasteiger partial charge in [-0.2, -0.15) is 0 Å². The highest BCUT2D eigenvalue weighted by atomic mass is 79.9. The molecule has 1 aromatic carbocycles. The van der Waals surface area contributed by atoms with E-state index in [4.69, 9.17) is 16.3 Å². The van der Waals surface area contributed by atoms with Crippen molar-refractivity contribution in [1.82, 2.24) is 10.3 Å². The maximum atomic E-state index is 6.07. The average Bonchev–Trinajstić information content (AvgIpc) is 2.40. The van der Waals surface area contributed by atoms with Crippen LogP contribution in [0, 0.1) is 0 Å². The average molecular weight is 437 g/mol. The second kappa shape index (κ2) is 7.27. The van der Waals surface area contributed by atoms with E-state index in [1.807, 2.05) is 19.1 Å². The third-order valence-corrected chi connectivity index (χ3v) is 4.39. The molecule has 0 fully saturated rings. The fourth-order valence-electron chi connectivity index (χ4n) is 1.93. The molecule has 0 radical (unpaired) electrons. The Bertz CT molecular complexity index is 649. The van der Waals surface area contributed by atoms with Crippen molar-refractivity contribution in [1.29, 1.82) is 0 Å². The highest BCUT2D eigenvalue weighted by molar-refractivity contribution is 9.11. The van der Waals surface area contributed by atoms with E-state index in [0.29, 0.717) is 16.9 Å². The maximum absolute atomic E-state index is 6.07. The first-order valence-electron chi connectivity index (χ1n) is 6.72. The van der Waals surface area contributed by atoms with Gasteiger partial charge in [0.25, 0.3) is 0 Å². The predicted octanol–water partition coefficient (Wildman–Crippen LogP) is 5.18. The SMILES string of the molecule is CC(C)NCC(C)Oc1c(Br)cc(Br)c2ccc(Cl)nc12. The van der Waals surface area contributed by atoms with Crippen LogP contribution in [0.1, 0.15) is 20.8 Å². The molecule has 2 rings (SSSR count). The highest BCUT2D eigenvalue weighted by Gasteiger charge is 2.15. The molecule has 0 spiro atoms. The van der Waals surface area contributed by atoms with Crippen LogP contribution in [0.4, 0.5) is 0 Å². The summed E-state index contributed by atoms with van der Waals surface area (Å²) in [6.45, 7) is 7.01. The lowest BCUT2D eigenvalue weighted by molar-refractivity contribution is 0.214. The Balaban J connectivity index is 2.36. The zero-order chi connectivity index (χ0) is 15.6. The molecule has 0 aliphatic rings. The summed E-state index contributed by atoms with van der Waals surface area (Å²) in [6, 6.07) is 6.10. The summed E-state index contributed by atoms with van der Waals surface area (Å²) in [5, 5.41) is 4.78. The van der Waals surface area contributed by atoms with Crippen LogP contribution >= 0.6 is 43.5 Å². The molecule has 1 aromatic heterocycles. The van der Waals surface area contributed by atoms with Crippen LogP contribution in [0.3, 0.4) is 0 Å². The number of nitrogens with zero attached hydrogens (tertiary/aromatic N) is 1. The van der Waals surface area contributed by atoms with E-state index in [1.54, 1.807) is 6.07 Å². The van der Waals surface area contributed by atoms with Crippen molar-refractivity contribution in [3.05, 3.63) is 32.3 Å². The second-order valence-electron chi connectivity index (χ2n) is 5.19. The van der Waals surface area contributed by atoms with Crippen molar-refractivity contribution < 1.29 is 4.74 Å². The van der Waals surface area contributed by atoms with Crippen LogP contribution in [0.15, 0.2) is 27.1 Å². The van der Waals surface area contributed by atoms with Gasteiger partial charge in [0.2, 0.25) is 0 Å². The molecule has 0 saturated carbocycles.